The molecule has 1 N–H and O–H groups in total. The number of amides is 1. The van der Waals surface area contributed by atoms with Crippen molar-refractivity contribution in [3.05, 3.63) is 29.8 Å². The van der Waals surface area contributed by atoms with E-state index in [0.29, 0.717) is 18.5 Å². The SMILES string of the molecule is CC(C)c1ccccc1NC(=O)CN(C)C1CCCCC1. The zero-order valence-electron chi connectivity index (χ0n) is 13.6. The molecule has 0 aliphatic heterocycles. The third-order valence-electron chi connectivity index (χ3n) is 4.45. The van der Waals surface area contributed by atoms with Crippen LogP contribution in [0.1, 0.15) is 57.4 Å². The molecule has 0 saturated heterocycles. The molecule has 3 heteroatoms. The van der Waals surface area contributed by atoms with Crippen LogP contribution in [0.4, 0.5) is 5.69 Å². The maximum Gasteiger partial charge on any atom is 0.238 e. The zero-order chi connectivity index (χ0) is 15.2. The van der Waals surface area contributed by atoms with E-state index in [9.17, 15) is 4.79 Å². The summed E-state index contributed by atoms with van der Waals surface area (Å²) in [5.74, 6) is 0.508. The highest BCUT2D eigenvalue weighted by Crippen LogP contribution is 2.24. The van der Waals surface area contributed by atoms with Gasteiger partial charge < -0.3 is 5.32 Å². The minimum atomic E-state index is 0.0937. The third kappa shape index (κ3) is 4.57. The molecule has 0 atom stereocenters. The summed E-state index contributed by atoms with van der Waals surface area (Å²) in [7, 11) is 2.07. The van der Waals surface area contributed by atoms with Gasteiger partial charge in [-0.15, -0.1) is 0 Å². The van der Waals surface area contributed by atoms with E-state index in [1.54, 1.807) is 0 Å². The van der Waals surface area contributed by atoms with Crippen LogP contribution in [-0.4, -0.2) is 30.4 Å². The Labute approximate surface area is 128 Å². The lowest BCUT2D eigenvalue weighted by Gasteiger charge is -2.30. The van der Waals surface area contributed by atoms with E-state index < -0.39 is 0 Å². The number of rotatable bonds is 5. The predicted molar refractivity (Wildman–Crippen MR) is 88.7 cm³/mol. The lowest BCUT2D eigenvalue weighted by Crippen LogP contribution is -2.39. The summed E-state index contributed by atoms with van der Waals surface area (Å²) in [5.41, 5.74) is 2.15. The van der Waals surface area contributed by atoms with Gasteiger partial charge in [0, 0.05) is 11.7 Å². The minimum absolute atomic E-state index is 0.0937. The molecule has 21 heavy (non-hydrogen) atoms. The quantitative estimate of drug-likeness (QED) is 0.887. The van der Waals surface area contributed by atoms with Crippen LogP contribution in [0.2, 0.25) is 0 Å². The van der Waals surface area contributed by atoms with E-state index in [0.717, 1.165) is 5.69 Å². The fourth-order valence-corrected chi connectivity index (χ4v) is 3.18. The van der Waals surface area contributed by atoms with Crippen molar-refractivity contribution >= 4 is 11.6 Å². The van der Waals surface area contributed by atoms with Crippen molar-refractivity contribution in [1.29, 1.82) is 0 Å². The third-order valence-corrected chi connectivity index (χ3v) is 4.45. The number of hydrogen-bond acceptors (Lipinski definition) is 2. The molecule has 1 fully saturated rings. The fourth-order valence-electron chi connectivity index (χ4n) is 3.18. The summed E-state index contributed by atoms with van der Waals surface area (Å²) in [4.78, 5) is 14.5. The molecule has 0 radical (unpaired) electrons. The molecule has 0 spiro atoms. The maximum atomic E-state index is 12.3. The number of likely N-dealkylation sites (N-methyl/N-ethyl adjacent to an activating group) is 1. The van der Waals surface area contributed by atoms with Crippen molar-refractivity contribution in [1.82, 2.24) is 4.90 Å². The van der Waals surface area contributed by atoms with Crippen molar-refractivity contribution in [3.8, 4) is 0 Å². The van der Waals surface area contributed by atoms with Crippen molar-refractivity contribution in [2.45, 2.75) is 57.9 Å². The molecule has 116 valence electrons. The molecule has 0 unspecified atom stereocenters. The molecule has 0 bridgehead atoms. The van der Waals surface area contributed by atoms with E-state index in [1.165, 1.54) is 37.7 Å². The van der Waals surface area contributed by atoms with Crippen molar-refractivity contribution in [3.63, 3.8) is 0 Å². The Kier molecular flexibility index (Phi) is 5.80. The van der Waals surface area contributed by atoms with Gasteiger partial charge in [-0.25, -0.2) is 0 Å². The molecular weight excluding hydrogens is 260 g/mol. The van der Waals surface area contributed by atoms with Gasteiger partial charge in [-0.2, -0.15) is 0 Å². The molecule has 3 nitrogen and oxygen atoms in total. The minimum Gasteiger partial charge on any atom is -0.325 e. The smallest absolute Gasteiger partial charge is 0.238 e. The highest BCUT2D eigenvalue weighted by Gasteiger charge is 2.20. The summed E-state index contributed by atoms with van der Waals surface area (Å²) in [6.07, 6.45) is 6.40. The average molecular weight is 288 g/mol. The van der Waals surface area contributed by atoms with Gasteiger partial charge in [0.1, 0.15) is 0 Å². The van der Waals surface area contributed by atoms with Crippen LogP contribution in [0.25, 0.3) is 0 Å². The van der Waals surface area contributed by atoms with Gasteiger partial charge in [-0.3, -0.25) is 9.69 Å². The van der Waals surface area contributed by atoms with Crippen molar-refractivity contribution in [2.75, 3.05) is 18.9 Å². The number of carbonyl (C=O) groups is 1. The summed E-state index contributed by atoms with van der Waals surface area (Å²) in [6.45, 7) is 4.79. The summed E-state index contributed by atoms with van der Waals surface area (Å²) < 4.78 is 0. The van der Waals surface area contributed by atoms with Crippen LogP contribution in [-0.2, 0) is 4.79 Å². The van der Waals surface area contributed by atoms with E-state index >= 15 is 0 Å². The summed E-state index contributed by atoms with van der Waals surface area (Å²) in [5, 5.41) is 3.08. The number of benzene rings is 1. The summed E-state index contributed by atoms with van der Waals surface area (Å²) >= 11 is 0. The van der Waals surface area contributed by atoms with Crippen LogP contribution in [0.3, 0.4) is 0 Å². The number of anilines is 1. The lowest BCUT2D eigenvalue weighted by molar-refractivity contribution is -0.117. The first kappa shape index (κ1) is 16.0. The van der Waals surface area contributed by atoms with E-state index in [2.05, 4.69) is 37.2 Å². The maximum absolute atomic E-state index is 12.3. The van der Waals surface area contributed by atoms with Gasteiger partial charge in [-0.05, 0) is 37.4 Å². The molecule has 0 heterocycles. The van der Waals surface area contributed by atoms with Crippen LogP contribution in [0.5, 0.6) is 0 Å². The van der Waals surface area contributed by atoms with Gasteiger partial charge in [0.25, 0.3) is 0 Å². The average Bonchev–Trinajstić information content (AvgIpc) is 2.48. The second kappa shape index (κ2) is 7.60. The molecule has 1 amide bonds. The number of nitrogens with zero attached hydrogens (tertiary/aromatic N) is 1. The fraction of sp³-hybridized carbons (Fsp3) is 0.611. The van der Waals surface area contributed by atoms with E-state index in [4.69, 9.17) is 0 Å². The van der Waals surface area contributed by atoms with Crippen LogP contribution in [0.15, 0.2) is 24.3 Å². The molecule has 1 saturated carbocycles. The first-order valence-electron chi connectivity index (χ1n) is 8.17. The normalized spacial score (nSPS) is 16.4. The first-order valence-corrected chi connectivity index (χ1v) is 8.17. The topological polar surface area (TPSA) is 32.3 Å². The Bertz CT molecular complexity index is 464. The molecule has 1 aliphatic carbocycles. The summed E-state index contributed by atoms with van der Waals surface area (Å²) in [6, 6.07) is 8.66. The molecule has 2 rings (SSSR count). The molecule has 1 aromatic rings. The molecule has 1 aliphatic rings. The largest absolute Gasteiger partial charge is 0.325 e. The van der Waals surface area contributed by atoms with Gasteiger partial charge in [0.15, 0.2) is 0 Å². The Morgan fingerprint density at radius 2 is 1.90 bits per heavy atom. The van der Waals surface area contributed by atoms with Crippen molar-refractivity contribution < 1.29 is 4.79 Å². The lowest BCUT2D eigenvalue weighted by atomic mass is 9.94. The predicted octanol–water partition coefficient (Wildman–Crippen LogP) is 4.01. The number of nitrogens with one attached hydrogen (secondary N) is 1. The van der Waals surface area contributed by atoms with E-state index in [1.807, 2.05) is 18.2 Å². The molecule has 1 aromatic carbocycles. The Balaban J connectivity index is 1.92. The molecule has 0 aromatic heterocycles. The van der Waals surface area contributed by atoms with Gasteiger partial charge >= 0.3 is 0 Å². The number of carbonyl (C=O) groups excluding carboxylic acids is 1. The Morgan fingerprint density at radius 1 is 1.24 bits per heavy atom. The van der Waals surface area contributed by atoms with Crippen molar-refractivity contribution in [2.24, 2.45) is 0 Å². The van der Waals surface area contributed by atoms with E-state index in [-0.39, 0.29) is 5.91 Å². The second-order valence-corrected chi connectivity index (χ2v) is 6.50. The van der Waals surface area contributed by atoms with Gasteiger partial charge in [0.05, 0.1) is 6.54 Å². The highest BCUT2D eigenvalue weighted by atomic mass is 16.2. The zero-order valence-corrected chi connectivity index (χ0v) is 13.6. The Hall–Kier alpha value is -1.35. The van der Waals surface area contributed by atoms with Gasteiger partial charge in [-0.1, -0.05) is 51.3 Å². The number of para-hydroxylation sites is 1. The van der Waals surface area contributed by atoms with Crippen LogP contribution in [0, 0.1) is 0 Å². The second-order valence-electron chi connectivity index (χ2n) is 6.50. The van der Waals surface area contributed by atoms with Gasteiger partial charge in [0.2, 0.25) is 5.91 Å². The Morgan fingerprint density at radius 3 is 2.57 bits per heavy atom. The molecular formula is C18H28N2O. The monoisotopic (exact) mass is 288 g/mol. The first-order chi connectivity index (χ1) is 10.1. The number of hydrogen-bond donors (Lipinski definition) is 1. The van der Waals surface area contributed by atoms with Crippen LogP contribution >= 0.6 is 0 Å². The van der Waals surface area contributed by atoms with Crippen LogP contribution < -0.4 is 5.32 Å². The standard InChI is InChI=1S/C18H28N2O/c1-14(2)16-11-7-8-12-17(16)19-18(21)13-20(3)15-9-5-4-6-10-15/h7-8,11-12,14-15H,4-6,9-10,13H2,1-3H3,(H,19,21). The highest BCUT2D eigenvalue weighted by molar-refractivity contribution is 5.93.